The SMILES string of the molecule is Oc1ccc(N2C(=S)N[C@H](c3ccccn3)[C@H]2c2ccc(-c3ccc(Cl)cc3)o2)cc1. The van der Waals surface area contributed by atoms with Gasteiger partial charge in [-0.25, -0.2) is 0 Å². The van der Waals surface area contributed by atoms with Gasteiger partial charge in [-0.1, -0.05) is 17.7 Å². The number of phenolic OH excluding ortho intramolecular Hbond substituents is 1. The number of pyridine rings is 1. The summed E-state index contributed by atoms with van der Waals surface area (Å²) < 4.78 is 6.31. The number of thiocarbonyl (C=S) groups is 1. The molecule has 1 saturated heterocycles. The van der Waals surface area contributed by atoms with E-state index in [4.69, 9.17) is 28.2 Å². The maximum Gasteiger partial charge on any atom is 0.174 e. The van der Waals surface area contributed by atoms with E-state index in [1.165, 1.54) is 0 Å². The fourth-order valence-corrected chi connectivity index (χ4v) is 4.29. The standard InChI is InChI=1S/C24H18ClN3O2S/c25-16-6-4-15(5-7-16)20-12-13-21(30-20)23-22(19-3-1-2-14-26-19)27-24(31)28(23)17-8-10-18(29)11-9-17/h1-14,22-23,29H,(H,27,31)/t22-,23-/m1/s1. The third-order valence-corrected chi connectivity index (χ3v) is 5.84. The summed E-state index contributed by atoms with van der Waals surface area (Å²) in [5.41, 5.74) is 2.65. The van der Waals surface area contributed by atoms with Crippen molar-refractivity contribution >= 4 is 34.6 Å². The maximum absolute atomic E-state index is 9.72. The average molecular weight is 448 g/mol. The zero-order chi connectivity index (χ0) is 21.4. The molecule has 2 N–H and O–H groups in total. The van der Waals surface area contributed by atoms with Crippen LogP contribution in [-0.2, 0) is 0 Å². The molecule has 4 aromatic rings. The van der Waals surface area contributed by atoms with Gasteiger partial charge in [-0.3, -0.25) is 4.98 Å². The third kappa shape index (κ3) is 3.76. The Balaban J connectivity index is 1.59. The van der Waals surface area contributed by atoms with Crippen LogP contribution in [0.15, 0.2) is 89.5 Å². The molecule has 2 atom stereocenters. The zero-order valence-electron chi connectivity index (χ0n) is 16.3. The van der Waals surface area contributed by atoms with E-state index < -0.39 is 0 Å². The number of hydrogen-bond donors (Lipinski definition) is 2. The Bertz CT molecular complexity index is 1210. The van der Waals surface area contributed by atoms with Gasteiger partial charge in [0, 0.05) is 22.5 Å². The Morgan fingerprint density at radius 1 is 0.968 bits per heavy atom. The molecule has 3 heterocycles. The minimum Gasteiger partial charge on any atom is -0.508 e. The number of hydrogen-bond acceptors (Lipinski definition) is 4. The van der Waals surface area contributed by atoms with Crippen LogP contribution in [0, 0.1) is 0 Å². The van der Waals surface area contributed by atoms with Gasteiger partial charge in [0.05, 0.1) is 11.7 Å². The fraction of sp³-hybridized carbons (Fsp3) is 0.0833. The van der Waals surface area contributed by atoms with E-state index >= 15 is 0 Å². The van der Waals surface area contributed by atoms with E-state index in [0.29, 0.717) is 10.1 Å². The summed E-state index contributed by atoms with van der Waals surface area (Å²) in [5.74, 6) is 1.69. The highest BCUT2D eigenvalue weighted by Gasteiger charge is 2.42. The fourth-order valence-electron chi connectivity index (χ4n) is 3.82. The van der Waals surface area contributed by atoms with Crippen molar-refractivity contribution in [1.29, 1.82) is 0 Å². The van der Waals surface area contributed by atoms with Crippen LogP contribution in [0.5, 0.6) is 5.75 Å². The van der Waals surface area contributed by atoms with Crippen LogP contribution in [0.3, 0.4) is 0 Å². The number of benzene rings is 2. The molecule has 154 valence electrons. The number of nitrogens with zero attached hydrogens (tertiary/aromatic N) is 2. The third-order valence-electron chi connectivity index (χ3n) is 5.27. The maximum atomic E-state index is 9.72. The molecular formula is C24H18ClN3O2S. The molecule has 0 unspecified atom stereocenters. The molecule has 5 rings (SSSR count). The molecule has 0 aliphatic carbocycles. The van der Waals surface area contributed by atoms with Crippen molar-refractivity contribution in [1.82, 2.24) is 10.3 Å². The van der Waals surface area contributed by atoms with Crippen molar-refractivity contribution in [2.45, 2.75) is 12.1 Å². The summed E-state index contributed by atoms with van der Waals surface area (Å²) in [6.45, 7) is 0. The van der Waals surface area contributed by atoms with Gasteiger partial charge in [-0.05, 0) is 85.0 Å². The molecule has 0 spiro atoms. The van der Waals surface area contributed by atoms with Gasteiger partial charge in [0.15, 0.2) is 5.11 Å². The van der Waals surface area contributed by atoms with E-state index in [0.717, 1.165) is 28.5 Å². The van der Waals surface area contributed by atoms with Gasteiger partial charge in [0.25, 0.3) is 0 Å². The first-order valence-electron chi connectivity index (χ1n) is 9.75. The van der Waals surface area contributed by atoms with Crippen LogP contribution in [0.2, 0.25) is 5.02 Å². The molecule has 1 fully saturated rings. The van der Waals surface area contributed by atoms with E-state index in [-0.39, 0.29) is 17.8 Å². The van der Waals surface area contributed by atoms with Crippen LogP contribution < -0.4 is 10.2 Å². The molecule has 1 aliphatic rings. The number of anilines is 1. The van der Waals surface area contributed by atoms with Crippen LogP contribution in [-0.4, -0.2) is 15.2 Å². The number of aromatic hydroxyl groups is 1. The van der Waals surface area contributed by atoms with Crippen LogP contribution in [0.1, 0.15) is 23.5 Å². The second kappa shape index (κ2) is 8.06. The Morgan fingerprint density at radius 3 is 2.45 bits per heavy atom. The Labute approximate surface area is 189 Å². The highest BCUT2D eigenvalue weighted by atomic mass is 35.5. The van der Waals surface area contributed by atoms with Gasteiger partial charge < -0.3 is 19.7 Å². The summed E-state index contributed by atoms with van der Waals surface area (Å²) in [6, 6.07) is 23.7. The molecule has 0 amide bonds. The summed E-state index contributed by atoms with van der Waals surface area (Å²) >= 11 is 11.7. The summed E-state index contributed by atoms with van der Waals surface area (Å²) in [4.78, 5) is 6.54. The molecule has 1 aliphatic heterocycles. The second-order valence-electron chi connectivity index (χ2n) is 7.22. The van der Waals surface area contributed by atoms with Crippen LogP contribution in [0.25, 0.3) is 11.3 Å². The lowest BCUT2D eigenvalue weighted by molar-refractivity contribution is 0.439. The summed E-state index contributed by atoms with van der Waals surface area (Å²) in [6.07, 6.45) is 1.77. The number of halogens is 1. The Hall–Kier alpha value is -3.35. The molecule has 0 bridgehead atoms. The molecule has 31 heavy (non-hydrogen) atoms. The number of aromatic nitrogens is 1. The summed E-state index contributed by atoms with van der Waals surface area (Å²) in [5, 5.41) is 14.4. The number of rotatable bonds is 4. The molecule has 2 aromatic carbocycles. The number of phenols is 1. The minimum absolute atomic E-state index is 0.197. The predicted molar refractivity (Wildman–Crippen MR) is 125 cm³/mol. The van der Waals surface area contributed by atoms with Crippen molar-refractivity contribution in [2.75, 3.05) is 4.90 Å². The Kier molecular flexibility index (Phi) is 5.10. The molecule has 7 heteroatoms. The van der Waals surface area contributed by atoms with Crippen molar-refractivity contribution in [3.63, 3.8) is 0 Å². The average Bonchev–Trinajstić information content (AvgIpc) is 3.40. The first kappa shape index (κ1) is 19.6. The molecule has 5 nitrogen and oxygen atoms in total. The smallest absolute Gasteiger partial charge is 0.174 e. The minimum atomic E-state index is -0.256. The first-order chi connectivity index (χ1) is 15.1. The molecule has 0 radical (unpaired) electrons. The summed E-state index contributed by atoms with van der Waals surface area (Å²) in [7, 11) is 0. The van der Waals surface area contributed by atoms with E-state index in [9.17, 15) is 5.11 Å². The van der Waals surface area contributed by atoms with Gasteiger partial charge in [0.1, 0.15) is 23.3 Å². The van der Waals surface area contributed by atoms with Crippen LogP contribution >= 0.6 is 23.8 Å². The van der Waals surface area contributed by atoms with E-state index in [1.54, 1.807) is 18.3 Å². The highest BCUT2D eigenvalue weighted by molar-refractivity contribution is 7.80. The van der Waals surface area contributed by atoms with Gasteiger partial charge in [-0.2, -0.15) is 0 Å². The number of furan rings is 1. The van der Waals surface area contributed by atoms with Crippen molar-refractivity contribution in [3.8, 4) is 17.1 Å². The number of nitrogens with one attached hydrogen (secondary N) is 1. The van der Waals surface area contributed by atoms with E-state index in [1.807, 2.05) is 71.6 Å². The lowest BCUT2D eigenvalue weighted by atomic mass is 10.0. The van der Waals surface area contributed by atoms with Crippen molar-refractivity contribution < 1.29 is 9.52 Å². The lowest BCUT2D eigenvalue weighted by Gasteiger charge is -2.26. The second-order valence-corrected chi connectivity index (χ2v) is 8.05. The zero-order valence-corrected chi connectivity index (χ0v) is 17.8. The first-order valence-corrected chi connectivity index (χ1v) is 10.5. The van der Waals surface area contributed by atoms with Gasteiger partial charge in [-0.15, -0.1) is 0 Å². The lowest BCUT2D eigenvalue weighted by Crippen LogP contribution is -2.29. The van der Waals surface area contributed by atoms with Crippen LogP contribution in [0.4, 0.5) is 5.69 Å². The van der Waals surface area contributed by atoms with Gasteiger partial charge in [0.2, 0.25) is 0 Å². The van der Waals surface area contributed by atoms with Gasteiger partial charge >= 0.3 is 0 Å². The van der Waals surface area contributed by atoms with E-state index in [2.05, 4.69) is 10.3 Å². The monoisotopic (exact) mass is 447 g/mol. The quantitative estimate of drug-likeness (QED) is 0.381. The van der Waals surface area contributed by atoms with Crippen molar-refractivity contribution in [3.05, 3.63) is 102 Å². The topological polar surface area (TPSA) is 61.5 Å². The highest BCUT2D eigenvalue weighted by Crippen LogP contribution is 2.43. The predicted octanol–water partition coefficient (Wildman–Crippen LogP) is 5.88. The molecular weight excluding hydrogens is 430 g/mol. The normalized spacial score (nSPS) is 18.2. The molecule has 0 saturated carbocycles. The largest absolute Gasteiger partial charge is 0.508 e. The Morgan fingerprint density at radius 2 is 1.74 bits per heavy atom. The molecule has 2 aromatic heterocycles. The van der Waals surface area contributed by atoms with Crippen molar-refractivity contribution in [2.24, 2.45) is 0 Å².